The van der Waals surface area contributed by atoms with Gasteiger partial charge in [0.25, 0.3) is 0 Å². The number of hydrogen-bond acceptors (Lipinski definition) is 4. The van der Waals surface area contributed by atoms with Crippen molar-refractivity contribution < 1.29 is 0 Å². The van der Waals surface area contributed by atoms with Crippen LogP contribution in [0.25, 0.3) is 0 Å². The first-order valence-corrected chi connectivity index (χ1v) is 5.56. The number of nitrogens with one attached hydrogen (secondary N) is 1. The van der Waals surface area contributed by atoms with Gasteiger partial charge >= 0.3 is 0 Å². The molecule has 19 heavy (non-hydrogen) atoms. The van der Waals surface area contributed by atoms with Gasteiger partial charge in [0, 0.05) is 11.9 Å². The summed E-state index contributed by atoms with van der Waals surface area (Å²) < 4.78 is 0. The minimum absolute atomic E-state index is 0.102. The molecule has 1 aromatic rings. The lowest BCUT2D eigenvalue weighted by Crippen LogP contribution is -1.93. The lowest BCUT2D eigenvalue weighted by molar-refractivity contribution is 1.36. The van der Waals surface area contributed by atoms with Gasteiger partial charge in [-0.2, -0.15) is 15.8 Å². The van der Waals surface area contributed by atoms with Crippen LogP contribution in [0.2, 0.25) is 0 Å². The molecule has 0 amide bonds. The molecular weight excluding hydrogens is 236 g/mol. The molecule has 1 aromatic carbocycles. The highest BCUT2D eigenvalue weighted by molar-refractivity contribution is 5.56. The summed E-state index contributed by atoms with van der Waals surface area (Å²) in [5.74, 6) is 0. The van der Waals surface area contributed by atoms with E-state index in [1.165, 1.54) is 12.3 Å². The topological polar surface area (TPSA) is 83.4 Å². The fourth-order valence-electron chi connectivity index (χ4n) is 1.48. The third kappa shape index (κ3) is 4.04. The molecule has 0 unspecified atom stereocenters. The van der Waals surface area contributed by atoms with Crippen molar-refractivity contribution in [3.05, 3.63) is 52.7 Å². The number of benzene rings is 1. The molecule has 0 aromatic heterocycles. The number of hydrogen-bond donors (Lipinski definition) is 1. The van der Waals surface area contributed by atoms with Gasteiger partial charge in [-0.05, 0) is 31.6 Å². The maximum atomic E-state index is 8.94. The molecule has 0 bridgehead atoms. The van der Waals surface area contributed by atoms with Crippen molar-refractivity contribution in [3.63, 3.8) is 0 Å². The summed E-state index contributed by atoms with van der Waals surface area (Å²) >= 11 is 0. The van der Waals surface area contributed by atoms with Crippen LogP contribution in [-0.4, -0.2) is 0 Å². The molecule has 4 nitrogen and oxygen atoms in total. The van der Waals surface area contributed by atoms with E-state index < -0.39 is 0 Å². The Bertz CT molecular complexity index is 645. The average molecular weight is 248 g/mol. The van der Waals surface area contributed by atoms with Crippen molar-refractivity contribution >= 4 is 5.69 Å². The van der Waals surface area contributed by atoms with Gasteiger partial charge in [-0.1, -0.05) is 17.7 Å². The summed E-state index contributed by atoms with van der Waals surface area (Å²) in [5, 5.41) is 29.2. The fraction of sp³-hybridized carbons (Fsp3) is 0.133. The number of nitrogens with zero attached hydrogens (tertiary/aromatic N) is 3. The van der Waals surface area contributed by atoms with Crippen LogP contribution in [-0.2, 0) is 0 Å². The monoisotopic (exact) mass is 248 g/mol. The van der Waals surface area contributed by atoms with Crippen molar-refractivity contribution in [1.82, 2.24) is 0 Å². The van der Waals surface area contributed by atoms with Gasteiger partial charge < -0.3 is 5.32 Å². The van der Waals surface area contributed by atoms with Gasteiger partial charge in [-0.15, -0.1) is 0 Å². The van der Waals surface area contributed by atoms with Gasteiger partial charge in [-0.3, -0.25) is 0 Å². The molecule has 0 aliphatic rings. The molecule has 0 heterocycles. The lowest BCUT2D eigenvalue weighted by Gasteiger charge is -2.06. The van der Waals surface area contributed by atoms with E-state index in [9.17, 15) is 0 Å². The van der Waals surface area contributed by atoms with E-state index in [2.05, 4.69) is 5.32 Å². The average Bonchev–Trinajstić information content (AvgIpc) is 2.41. The van der Waals surface area contributed by atoms with Crippen molar-refractivity contribution in [2.75, 3.05) is 5.32 Å². The zero-order valence-corrected chi connectivity index (χ0v) is 10.7. The van der Waals surface area contributed by atoms with E-state index in [4.69, 9.17) is 15.8 Å². The maximum Gasteiger partial charge on any atom is 0.131 e. The Morgan fingerprint density at radius 3 is 2.32 bits per heavy atom. The molecule has 1 rings (SSSR count). The number of nitriles is 3. The Morgan fingerprint density at radius 2 is 1.79 bits per heavy atom. The van der Waals surface area contributed by atoms with E-state index in [0.717, 1.165) is 16.8 Å². The van der Waals surface area contributed by atoms with Crippen LogP contribution in [0, 0.1) is 47.8 Å². The molecule has 92 valence electrons. The summed E-state index contributed by atoms with van der Waals surface area (Å²) in [6, 6.07) is 11.2. The number of allylic oxidation sites excluding steroid dienone is 3. The molecule has 0 saturated carbocycles. The summed E-state index contributed by atoms with van der Waals surface area (Å²) in [6.45, 7) is 3.96. The Kier molecular flexibility index (Phi) is 4.91. The first-order valence-electron chi connectivity index (χ1n) is 5.56. The van der Waals surface area contributed by atoms with E-state index >= 15 is 0 Å². The van der Waals surface area contributed by atoms with Crippen molar-refractivity contribution in [2.45, 2.75) is 13.8 Å². The second kappa shape index (κ2) is 6.64. The second-order valence-corrected chi connectivity index (χ2v) is 3.96. The second-order valence-electron chi connectivity index (χ2n) is 3.96. The van der Waals surface area contributed by atoms with Gasteiger partial charge in [0.2, 0.25) is 0 Å². The van der Waals surface area contributed by atoms with E-state index in [1.807, 2.05) is 38.1 Å². The SMILES string of the molecule is Cc1ccc(N/C=C(/C#N)C=C(C#N)C#N)c(C)c1. The maximum absolute atomic E-state index is 8.94. The largest absolute Gasteiger partial charge is 0.360 e. The predicted molar refractivity (Wildman–Crippen MR) is 72.5 cm³/mol. The first kappa shape index (κ1) is 14.0. The third-order valence-electron chi connectivity index (χ3n) is 2.43. The molecule has 0 fully saturated rings. The molecule has 0 radical (unpaired) electrons. The Labute approximate surface area is 112 Å². The van der Waals surface area contributed by atoms with E-state index in [1.54, 1.807) is 12.1 Å². The van der Waals surface area contributed by atoms with Crippen LogP contribution < -0.4 is 5.32 Å². The molecule has 4 heteroatoms. The molecule has 0 aliphatic heterocycles. The lowest BCUT2D eigenvalue weighted by atomic mass is 10.1. The summed E-state index contributed by atoms with van der Waals surface area (Å²) in [5.41, 5.74) is 3.21. The molecule has 0 aliphatic carbocycles. The van der Waals surface area contributed by atoms with Crippen LogP contribution >= 0.6 is 0 Å². The van der Waals surface area contributed by atoms with Crippen LogP contribution in [0.3, 0.4) is 0 Å². The molecular formula is C15H12N4. The minimum atomic E-state index is -0.102. The van der Waals surface area contributed by atoms with Gasteiger partial charge in [-0.25, -0.2) is 0 Å². The summed E-state index contributed by atoms with van der Waals surface area (Å²) in [7, 11) is 0. The van der Waals surface area contributed by atoms with Crippen molar-refractivity contribution in [1.29, 1.82) is 15.8 Å². The first-order chi connectivity index (χ1) is 9.10. The zero-order chi connectivity index (χ0) is 14.3. The highest BCUT2D eigenvalue weighted by Gasteiger charge is 1.99. The normalized spacial score (nSPS) is 9.74. The number of anilines is 1. The Hall–Kier alpha value is -3.03. The van der Waals surface area contributed by atoms with Crippen LogP contribution in [0.1, 0.15) is 11.1 Å². The summed E-state index contributed by atoms with van der Waals surface area (Å²) in [4.78, 5) is 0. The predicted octanol–water partition coefficient (Wildman–Crippen LogP) is 3.10. The number of rotatable bonds is 3. The van der Waals surface area contributed by atoms with Crippen LogP contribution in [0.4, 0.5) is 5.69 Å². The van der Waals surface area contributed by atoms with Crippen LogP contribution in [0.15, 0.2) is 41.6 Å². The van der Waals surface area contributed by atoms with E-state index in [0.29, 0.717) is 0 Å². The quantitative estimate of drug-likeness (QED) is 0.658. The van der Waals surface area contributed by atoms with Crippen molar-refractivity contribution in [3.8, 4) is 18.2 Å². The van der Waals surface area contributed by atoms with Gasteiger partial charge in [0.05, 0.1) is 5.57 Å². The highest BCUT2D eigenvalue weighted by atomic mass is 14.8. The fourth-order valence-corrected chi connectivity index (χ4v) is 1.48. The Morgan fingerprint density at radius 1 is 1.11 bits per heavy atom. The standard InChI is InChI=1S/C15H12N4/c1-11-3-4-15(12(2)5-11)19-10-14(9-18)6-13(7-16)8-17/h3-6,10,19H,1-2H3/b14-10+. The molecule has 0 atom stereocenters. The van der Waals surface area contributed by atoms with Crippen LogP contribution in [0.5, 0.6) is 0 Å². The van der Waals surface area contributed by atoms with E-state index in [-0.39, 0.29) is 11.1 Å². The zero-order valence-electron chi connectivity index (χ0n) is 10.7. The van der Waals surface area contributed by atoms with Gasteiger partial charge in [0.15, 0.2) is 0 Å². The summed E-state index contributed by atoms with van der Waals surface area (Å²) in [6.07, 6.45) is 2.73. The van der Waals surface area contributed by atoms with Crippen molar-refractivity contribution in [2.24, 2.45) is 0 Å². The highest BCUT2D eigenvalue weighted by Crippen LogP contribution is 2.16. The Balaban J connectivity index is 2.97. The molecule has 1 N–H and O–H groups in total. The minimum Gasteiger partial charge on any atom is -0.360 e. The molecule has 0 saturated heterocycles. The third-order valence-corrected chi connectivity index (χ3v) is 2.43. The molecule has 0 spiro atoms. The number of aryl methyl sites for hydroxylation is 2. The van der Waals surface area contributed by atoms with Gasteiger partial charge in [0.1, 0.15) is 23.8 Å². The smallest absolute Gasteiger partial charge is 0.131 e.